The summed E-state index contributed by atoms with van der Waals surface area (Å²) in [6.07, 6.45) is 2.59. The van der Waals surface area contributed by atoms with E-state index in [9.17, 15) is 4.79 Å². The molecule has 0 aliphatic carbocycles. The quantitative estimate of drug-likeness (QED) is 0.870. The molecule has 0 spiro atoms. The fourth-order valence-electron chi connectivity index (χ4n) is 2.73. The Balaban J connectivity index is 1.61. The first-order valence-electron chi connectivity index (χ1n) is 8.18. The van der Waals surface area contributed by atoms with Gasteiger partial charge in [-0.1, -0.05) is 12.1 Å². The normalized spacial score (nSPS) is 17.0. The van der Waals surface area contributed by atoms with Crippen LogP contribution in [-0.2, 0) is 16.0 Å². The Morgan fingerprint density at radius 1 is 1.42 bits per heavy atom. The van der Waals surface area contributed by atoms with E-state index in [1.807, 2.05) is 38.1 Å². The van der Waals surface area contributed by atoms with E-state index in [0.717, 1.165) is 35.0 Å². The average Bonchev–Trinajstić information content (AvgIpc) is 3.16. The molecule has 1 aromatic carbocycles. The van der Waals surface area contributed by atoms with Gasteiger partial charge < -0.3 is 14.8 Å². The lowest BCUT2D eigenvalue weighted by Gasteiger charge is -2.15. The molecule has 24 heavy (non-hydrogen) atoms. The van der Waals surface area contributed by atoms with Crippen LogP contribution in [-0.4, -0.2) is 30.2 Å². The van der Waals surface area contributed by atoms with Gasteiger partial charge >= 0.3 is 0 Å². The van der Waals surface area contributed by atoms with Gasteiger partial charge in [0.05, 0.1) is 28.9 Å². The molecule has 1 aromatic heterocycles. The van der Waals surface area contributed by atoms with Gasteiger partial charge in [0, 0.05) is 11.5 Å². The van der Waals surface area contributed by atoms with E-state index in [-0.39, 0.29) is 12.0 Å². The van der Waals surface area contributed by atoms with Crippen LogP contribution in [0.15, 0.2) is 24.3 Å². The van der Waals surface area contributed by atoms with Crippen molar-refractivity contribution in [1.29, 1.82) is 0 Å². The van der Waals surface area contributed by atoms with Crippen molar-refractivity contribution in [3.63, 3.8) is 0 Å². The highest BCUT2D eigenvalue weighted by molar-refractivity contribution is 7.11. The van der Waals surface area contributed by atoms with Crippen LogP contribution in [0.25, 0.3) is 0 Å². The Labute approximate surface area is 146 Å². The molecule has 3 rings (SSSR count). The number of nitrogens with one attached hydrogen (secondary N) is 1. The molecular formula is C18H22N2O3S. The molecule has 1 aliphatic heterocycles. The van der Waals surface area contributed by atoms with Crippen molar-refractivity contribution in [3.8, 4) is 5.75 Å². The predicted octanol–water partition coefficient (Wildman–Crippen LogP) is 3.50. The van der Waals surface area contributed by atoms with Crippen molar-refractivity contribution in [2.45, 2.75) is 39.2 Å². The Kier molecular flexibility index (Phi) is 5.48. The number of carbonyl (C=O) groups excluding carboxylic acids is 1. The fraction of sp³-hybridized carbons (Fsp3) is 0.444. The van der Waals surface area contributed by atoms with Gasteiger partial charge in [-0.15, -0.1) is 11.3 Å². The summed E-state index contributed by atoms with van der Waals surface area (Å²) in [5.41, 5.74) is 1.62. The van der Waals surface area contributed by atoms with Crippen LogP contribution in [0.4, 0.5) is 5.69 Å². The molecule has 1 fully saturated rings. The van der Waals surface area contributed by atoms with E-state index in [1.165, 1.54) is 0 Å². The number of thiazole rings is 1. The number of amides is 1. The van der Waals surface area contributed by atoms with Crippen LogP contribution in [0.1, 0.15) is 28.4 Å². The molecule has 1 aliphatic rings. The number of aryl methyl sites for hydroxylation is 2. The van der Waals surface area contributed by atoms with Crippen LogP contribution in [0.2, 0.25) is 0 Å². The maximum Gasteiger partial charge on any atom is 0.229 e. The Bertz CT molecular complexity index is 708. The van der Waals surface area contributed by atoms with Crippen molar-refractivity contribution in [2.24, 2.45) is 0 Å². The molecule has 1 saturated heterocycles. The molecule has 0 radical (unpaired) electrons. The molecule has 0 bridgehead atoms. The molecule has 0 saturated carbocycles. The molecular weight excluding hydrogens is 324 g/mol. The first kappa shape index (κ1) is 16.9. The minimum absolute atomic E-state index is 0.0603. The van der Waals surface area contributed by atoms with Gasteiger partial charge in [-0.2, -0.15) is 0 Å². The number of ether oxygens (including phenoxy) is 2. The Hall–Kier alpha value is -1.92. The van der Waals surface area contributed by atoms with E-state index in [1.54, 1.807) is 11.3 Å². The van der Waals surface area contributed by atoms with Gasteiger partial charge in [0.1, 0.15) is 12.4 Å². The third-order valence-electron chi connectivity index (χ3n) is 3.93. The lowest BCUT2D eigenvalue weighted by atomic mass is 10.2. The largest absolute Gasteiger partial charge is 0.489 e. The summed E-state index contributed by atoms with van der Waals surface area (Å²) in [6.45, 7) is 5.21. The molecule has 2 heterocycles. The van der Waals surface area contributed by atoms with E-state index >= 15 is 0 Å². The SMILES string of the molecule is Cc1nc(C)c(CC(=O)Nc2ccccc2OCC2CCCO2)s1. The smallest absolute Gasteiger partial charge is 0.229 e. The predicted molar refractivity (Wildman–Crippen MR) is 94.8 cm³/mol. The monoisotopic (exact) mass is 346 g/mol. The third-order valence-corrected chi connectivity index (χ3v) is 5.00. The van der Waals surface area contributed by atoms with E-state index in [0.29, 0.717) is 24.5 Å². The summed E-state index contributed by atoms with van der Waals surface area (Å²) in [6, 6.07) is 7.51. The van der Waals surface area contributed by atoms with Gasteiger partial charge in [0.2, 0.25) is 5.91 Å². The van der Waals surface area contributed by atoms with E-state index in [2.05, 4.69) is 10.3 Å². The number of benzene rings is 1. The third kappa shape index (κ3) is 4.33. The van der Waals surface area contributed by atoms with Crippen LogP contribution in [0, 0.1) is 13.8 Å². The number of anilines is 1. The van der Waals surface area contributed by atoms with Crippen LogP contribution in [0.3, 0.4) is 0 Å². The summed E-state index contributed by atoms with van der Waals surface area (Å²) < 4.78 is 11.4. The van der Waals surface area contributed by atoms with Crippen molar-refractivity contribution >= 4 is 22.9 Å². The molecule has 1 amide bonds. The van der Waals surface area contributed by atoms with Gasteiger partial charge in [-0.3, -0.25) is 4.79 Å². The molecule has 1 atom stereocenters. The number of nitrogens with zero attached hydrogens (tertiary/aromatic N) is 1. The number of hydrogen-bond acceptors (Lipinski definition) is 5. The van der Waals surface area contributed by atoms with Crippen LogP contribution < -0.4 is 10.1 Å². The summed E-state index contributed by atoms with van der Waals surface area (Å²) in [7, 11) is 0. The van der Waals surface area contributed by atoms with Gasteiger partial charge in [-0.25, -0.2) is 4.98 Å². The Morgan fingerprint density at radius 2 is 2.25 bits per heavy atom. The molecule has 128 valence electrons. The number of aromatic nitrogens is 1. The first-order chi connectivity index (χ1) is 11.6. The van der Waals surface area contributed by atoms with E-state index < -0.39 is 0 Å². The molecule has 2 aromatic rings. The second-order valence-corrected chi connectivity index (χ2v) is 7.20. The van der Waals surface area contributed by atoms with Crippen molar-refractivity contribution < 1.29 is 14.3 Å². The summed E-state index contributed by atoms with van der Waals surface area (Å²) in [4.78, 5) is 17.7. The maximum absolute atomic E-state index is 12.3. The maximum atomic E-state index is 12.3. The molecule has 5 nitrogen and oxygen atoms in total. The minimum Gasteiger partial charge on any atom is -0.489 e. The van der Waals surface area contributed by atoms with Gasteiger partial charge in [0.25, 0.3) is 0 Å². The number of para-hydroxylation sites is 2. The first-order valence-corrected chi connectivity index (χ1v) is 8.99. The number of hydrogen-bond donors (Lipinski definition) is 1. The number of rotatable bonds is 6. The van der Waals surface area contributed by atoms with Crippen LogP contribution >= 0.6 is 11.3 Å². The second-order valence-electron chi connectivity index (χ2n) is 5.91. The van der Waals surface area contributed by atoms with Crippen molar-refractivity contribution in [3.05, 3.63) is 39.8 Å². The molecule has 1 unspecified atom stereocenters. The zero-order valence-corrected chi connectivity index (χ0v) is 14.8. The second kappa shape index (κ2) is 7.77. The van der Waals surface area contributed by atoms with Crippen molar-refractivity contribution in [1.82, 2.24) is 4.98 Å². The summed E-state index contributed by atoms with van der Waals surface area (Å²) in [5.74, 6) is 0.619. The average molecular weight is 346 g/mol. The fourth-order valence-corrected chi connectivity index (χ4v) is 3.67. The highest BCUT2D eigenvalue weighted by atomic mass is 32.1. The minimum atomic E-state index is -0.0603. The van der Waals surface area contributed by atoms with E-state index in [4.69, 9.17) is 9.47 Å². The Morgan fingerprint density at radius 3 is 2.96 bits per heavy atom. The summed E-state index contributed by atoms with van der Waals surface area (Å²) >= 11 is 1.56. The molecule has 1 N–H and O–H groups in total. The van der Waals surface area contributed by atoms with Crippen LogP contribution in [0.5, 0.6) is 5.75 Å². The highest BCUT2D eigenvalue weighted by Crippen LogP contribution is 2.26. The van der Waals surface area contributed by atoms with Crippen molar-refractivity contribution in [2.75, 3.05) is 18.5 Å². The topological polar surface area (TPSA) is 60.5 Å². The highest BCUT2D eigenvalue weighted by Gasteiger charge is 2.17. The lowest BCUT2D eigenvalue weighted by molar-refractivity contribution is -0.115. The molecule has 6 heteroatoms. The summed E-state index contributed by atoms with van der Waals surface area (Å²) in [5, 5.41) is 3.93. The number of carbonyl (C=O) groups is 1. The van der Waals surface area contributed by atoms with Gasteiger partial charge in [0.15, 0.2) is 0 Å². The standard InChI is InChI=1S/C18H22N2O3S/c1-12-17(24-13(2)19-12)10-18(21)20-15-7-3-4-8-16(15)23-11-14-6-5-9-22-14/h3-4,7-8,14H,5-6,9-11H2,1-2H3,(H,20,21). The zero-order chi connectivity index (χ0) is 16.9. The van der Waals surface area contributed by atoms with Gasteiger partial charge in [-0.05, 0) is 38.8 Å². The lowest BCUT2D eigenvalue weighted by Crippen LogP contribution is -2.18. The zero-order valence-electron chi connectivity index (χ0n) is 14.0.